The summed E-state index contributed by atoms with van der Waals surface area (Å²) >= 11 is 0. The van der Waals surface area contributed by atoms with Gasteiger partial charge >= 0.3 is 6.01 Å². The Labute approximate surface area is 148 Å². The molecule has 6 heteroatoms. The third-order valence-corrected chi connectivity index (χ3v) is 5.28. The monoisotopic (exact) mass is 343 g/mol. The number of rotatable bonds is 5. The number of fused-ring (bicyclic) bond motifs is 1. The van der Waals surface area contributed by atoms with Crippen molar-refractivity contribution in [3.05, 3.63) is 41.6 Å². The van der Waals surface area contributed by atoms with Crippen LogP contribution in [-0.2, 0) is 11.3 Å². The summed E-state index contributed by atoms with van der Waals surface area (Å²) in [5, 5.41) is 0. The number of aromatic nitrogens is 2. The van der Waals surface area contributed by atoms with Crippen molar-refractivity contribution in [1.29, 1.82) is 0 Å². The van der Waals surface area contributed by atoms with E-state index in [9.17, 15) is 0 Å². The predicted molar refractivity (Wildman–Crippen MR) is 92.4 cm³/mol. The van der Waals surface area contributed by atoms with E-state index in [2.05, 4.69) is 20.9 Å². The van der Waals surface area contributed by atoms with Gasteiger partial charge in [0.15, 0.2) is 0 Å². The van der Waals surface area contributed by atoms with Crippen LogP contribution >= 0.6 is 0 Å². The average Bonchev–Trinajstić information content (AvgIpc) is 3.19. The first-order valence-electron chi connectivity index (χ1n) is 8.95. The summed E-state index contributed by atoms with van der Waals surface area (Å²) < 4.78 is 17.7. The van der Waals surface area contributed by atoms with Crippen molar-refractivity contribution in [3.63, 3.8) is 0 Å². The van der Waals surface area contributed by atoms with E-state index in [1.165, 1.54) is 0 Å². The number of aryl methyl sites for hydroxylation is 2. The lowest BCUT2D eigenvalue weighted by Crippen LogP contribution is -2.52. The lowest BCUT2D eigenvalue weighted by molar-refractivity contribution is -0.0441. The predicted octanol–water partition coefficient (Wildman–Crippen LogP) is 2.75. The molecule has 25 heavy (non-hydrogen) atoms. The van der Waals surface area contributed by atoms with Gasteiger partial charge in [-0.05, 0) is 44.9 Å². The summed E-state index contributed by atoms with van der Waals surface area (Å²) in [5.41, 5.74) is 0.924. The van der Waals surface area contributed by atoms with Crippen molar-refractivity contribution in [3.8, 4) is 6.01 Å². The largest absolute Gasteiger partial charge is 0.465 e. The molecule has 0 aliphatic carbocycles. The molecule has 2 saturated heterocycles. The molecule has 0 saturated carbocycles. The lowest BCUT2D eigenvalue weighted by atomic mass is 9.77. The number of hydrogen-bond acceptors (Lipinski definition) is 6. The van der Waals surface area contributed by atoms with Crippen molar-refractivity contribution in [2.45, 2.75) is 39.3 Å². The highest BCUT2D eigenvalue weighted by Crippen LogP contribution is 2.41. The van der Waals surface area contributed by atoms with E-state index < -0.39 is 0 Å². The van der Waals surface area contributed by atoms with E-state index in [1.807, 2.05) is 26.0 Å². The van der Waals surface area contributed by atoms with Gasteiger partial charge in [-0.3, -0.25) is 4.90 Å². The molecular formula is C19H25N3O3. The minimum Gasteiger partial charge on any atom is -0.465 e. The van der Waals surface area contributed by atoms with Crippen molar-refractivity contribution in [2.24, 2.45) is 5.41 Å². The van der Waals surface area contributed by atoms with Crippen LogP contribution in [0.25, 0.3) is 0 Å². The Hall–Kier alpha value is -1.92. The summed E-state index contributed by atoms with van der Waals surface area (Å²) in [5.74, 6) is 1.98. The Morgan fingerprint density at radius 1 is 1.32 bits per heavy atom. The van der Waals surface area contributed by atoms with Crippen LogP contribution in [-0.4, -0.2) is 47.3 Å². The molecule has 2 aliphatic rings. The molecule has 0 spiro atoms. The summed E-state index contributed by atoms with van der Waals surface area (Å²) in [7, 11) is 0. The van der Waals surface area contributed by atoms with Gasteiger partial charge in [-0.1, -0.05) is 0 Å². The second-order valence-electron chi connectivity index (χ2n) is 7.25. The van der Waals surface area contributed by atoms with Gasteiger partial charge in [-0.2, -0.15) is 0 Å². The van der Waals surface area contributed by atoms with Crippen LogP contribution < -0.4 is 4.74 Å². The van der Waals surface area contributed by atoms with Crippen molar-refractivity contribution >= 4 is 0 Å². The van der Waals surface area contributed by atoms with Crippen LogP contribution in [0.4, 0.5) is 0 Å². The first-order valence-corrected chi connectivity index (χ1v) is 8.95. The van der Waals surface area contributed by atoms with Gasteiger partial charge < -0.3 is 13.9 Å². The van der Waals surface area contributed by atoms with Gasteiger partial charge in [0.05, 0.1) is 12.6 Å². The Balaban J connectivity index is 1.45. The highest BCUT2D eigenvalue weighted by molar-refractivity contribution is 5.08. The molecule has 2 aliphatic heterocycles. The van der Waals surface area contributed by atoms with Crippen LogP contribution in [0.2, 0.25) is 0 Å². The van der Waals surface area contributed by atoms with Crippen molar-refractivity contribution < 1.29 is 13.9 Å². The molecule has 2 aromatic heterocycles. The molecule has 4 rings (SSSR count). The number of likely N-dealkylation sites (tertiary alicyclic amines) is 1. The molecular weight excluding hydrogens is 318 g/mol. The third kappa shape index (κ3) is 3.55. The maximum Gasteiger partial charge on any atom is 0.316 e. The molecule has 134 valence electrons. The molecule has 0 aromatic carbocycles. The zero-order valence-electron chi connectivity index (χ0n) is 14.9. The normalized spacial score (nSPS) is 26.6. The molecule has 2 aromatic rings. The number of hydrogen-bond donors (Lipinski definition) is 0. The first kappa shape index (κ1) is 16.5. The van der Waals surface area contributed by atoms with Crippen LogP contribution in [0, 0.1) is 19.3 Å². The molecule has 0 bridgehead atoms. The van der Waals surface area contributed by atoms with Gasteiger partial charge in [-0.25, -0.2) is 9.97 Å². The third-order valence-electron chi connectivity index (χ3n) is 5.28. The molecule has 2 fully saturated rings. The van der Waals surface area contributed by atoms with Crippen LogP contribution in [0.15, 0.2) is 28.8 Å². The van der Waals surface area contributed by atoms with Gasteiger partial charge in [0.1, 0.15) is 18.1 Å². The number of furan rings is 1. The molecule has 2 atom stereocenters. The maximum absolute atomic E-state index is 6.00. The molecule has 6 nitrogen and oxygen atoms in total. The van der Waals surface area contributed by atoms with E-state index in [0.29, 0.717) is 12.6 Å². The van der Waals surface area contributed by atoms with Crippen LogP contribution in [0.5, 0.6) is 6.01 Å². The number of nitrogens with zero attached hydrogens (tertiary/aromatic N) is 3. The van der Waals surface area contributed by atoms with Gasteiger partial charge in [0, 0.05) is 37.0 Å². The van der Waals surface area contributed by atoms with Gasteiger partial charge in [0.25, 0.3) is 0 Å². The number of ether oxygens (including phenoxy) is 2. The SMILES string of the molecule is Cc1ccnc(OC[C@]23CCO[C@H]2CCN(Cc2ccc(C)o2)C3)n1. The summed E-state index contributed by atoms with van der Waals surface area (Å²) in [4.78, 5) is 11.0. The average molecular weight is 343 g/mol. The smallest absolute Gasteiger partial charge is 0.316 e. The Morgan fingerprint density at radius 2 is 2.24 bits per heavy atom. The highest BCUT2D eigenvalue weighted by Gasteiger charge is 2.48. The fourth-order valence-electron chi connectivity index (χ4n) is 3.98. The molecule has 0 unspecified atom stereocenters. The topological polar surface area (TPSA) is 60.6 Å². The second kappa shape index (κ2) is 6.77. The van der Waals surface area contributed by atoms with E-state index in [4.69, 9.17) is 13.9 Å². The fourth-order valence-corrected chi connectivity index (χ4v) is 3.98. The van der Waals surface area contributed by atoms with E-state index >= 15 is 0 Å². The zero-order chi connectivity index (χ0) is 17.3. The molecule has 0 amide bonds. The summed E-state index contributed by atoms with van der Waals surface area (Å²) in [6.07, 6.45) is 4.03. The van der Waals surface area contributed by atoms with Crippen molar-refractivity contribution in [2.75, 3.05) is 26.3 Å². The number of piperidine rings is 1. The highest BCUT2D eigenvalue weighted by atomic mass is 16.5. The Bertz CT molecular complexity index is 732. The second-order valence-corrected chi connectivity index (χ2v) is 7.25. The van der Waals surface area contributed by atoms with Gasteiger partial charge in [0.2, 0.25) is 0 Å². The minimum absolute atomic E-state index is 0.00694. The molecule has 4 heterocycles. The summed E-state index contributed by atoms with van der Waals surface area (Å²) in [6, 6.07) is 6.42. The zero-order valence-corrected chi connectivity index (χ0v) is 14.9. The van der Waals surface area contributed by atoms with Crippen molar-refractivity contribution in [1.82, 2.24) is 14.9 Å². The minimum atomic E-state index is 0.00694. The van der Waals surface area contributed by atoms with E-state index in [0.717, 1.165) is 56.3 Å². The Morgan fingerprint density at radius 3 is 3.04 bits per heavy atom. The first-order chi connectivity index (χ1) is 12.1. The van der Waals surface area contributed by atoms with E-state index in [-0.39, 0.29) is 11.5 Å². The van der Waals surface area contributed by atoms with Crippen LogP contribution in [0.3, 0.4) is 0 Å². The Kier molecular flexibility index (Phi) is 4.48. The maximum atomic E-state index is 6.00. The van der Waals surface area contributed by atoms with E-state index in [1.54, 1.807) is 6.20 Å². The molecule has 0 N–H and O–H groups in total. The standard InChI is InChI=1S/C19H25N3O3/c1-14-5-8-20-18(21-14)24-13-19-7-10-23-17(19)6-9-22(12-19)11-16-4-3-15(2)25-16/h3-5,8,17H,6-7,9-13H2,1-2H3/t17-,19+/m0/s1. The fraction of sp³-hybridized carbons (Fsp3) is 0.579. The van der Waals surface area contributed by atoms with Crippen LogP contribution in [0.1, 0.15) is 30.1 Å². The summed E-state index contributed by atoms with van der Waals surface area (Å²) in [6.45, 7) is 8.13. The lowest BCUT2D eigenvalue weighted by Gasteiger charge is -2.42. The van der Waals surface area contributed by atoms with Gasteiger partial charge in [-0.15, -0.1) is 0 Å². The molecule has 0 radical (unpaired) electrons. The quantitative estimate of drug-likeness (QED) is 0.832.